The summed E-state index contributed by atoms with van der Waals surface area (Å²) in [6, 6.07) is 10.00. The number of nitrogens with one attached hydrogen (secondary N) is 1. The second-order valence-electron chi connectivity index (χ2n) is 6.45. The standard InChI is InChI=1S/C18H27N/c1-3-4-6-13-9-11-14(12-10-13)18(19-2)17-15-7-5-8-16(15)17/h9-12,15-19H,3-8H2,1-2H3. The van der Waals surface area contributed by atoms with Gasteiger partial charge in [0.1, 0.15) is 0 Å². The summed E-state index contributed by atoms with van der Waals surface area (Å²) in [4.78, 5) is 0. The largest absolute Gasteiger partial charge is 0.313 e. The van der Waals surface area contributed by atoms with Crippen molar-refractivity contribution in [1.29, 1.82) is 0 Å². The molecule has 0 bridgehead atoms. The van der Waals surface area contributed by atoms with Gasteiger partial charge in [-0.05, 0) is 61.6 Å². The molecule has 0 spiro atoms. The summed E-state index contributed by atoms with van der Waals surface area (Å²) >= 11 is 0. The Morgan fingerprint density at radius 3 is 2.42 bits per heavy atom. The maximum Gasteiger partial charge on any atom is 0.0351 e. The number of hydrogen-bond acceptors (Lipinski definition) is 1. The number of unbranched alkanes of at least 4 members (excludes halogenated alkanes) is 1. The summed E-state index contributed by atoms with van der Waals surface area (Å²) in [7, 11) is 2.13. The molecule has 1 nitrogen and oxygen atoms in total. The van der Waals surface area contributed by atoms with Gasteiger partial charge < -0.3 is 5.32 Å². The van der Waals surface area contributed by atoms with Crippen LogP contribution in [0.25, 0.3) is 0 Å². The van der Waals surface area contributed by atoms with Gasteiger partial charge in [0.05, 0.1) is 0 Å². The third-order valence-corrected chi connectivity index (χ3v) is 5.33. The van der Waals surface area contributed by atoms with E-state index in [0.717, 1.165) is 17.8 Å². The highest BCUT2D eigenvalue weighted by Crippen LogP contribution is 2.62. The summed E-state index contributed by atoms with van der Waals surface area (Å²) in [6.07, 6.45) is 8.24. The maximum atomic E-state index is 3.57. The van der Waals surface area contributed by atoms with Crippen LogP contribution in [0.5, 0.6) is 0 Å². The van der Waals surface area contributed by atoms with Crippen LogP contribution in [0.1, 0.15) is 56.2 Å². The van der Waals surface area contributed by atoms with Gasteiger partial charge in [0.15, 0.2) is 0 Å². The van der Waals surface area contributed by atoms with Gasteiger partial charge in [-0.3, -0.25) is 0 Å². The molecule has 0 amide bonds. The van der Waals surface area contributed by atoms with Gasteiger partial charge in [-0.2, -0.15) is 0 Å². The Bertz CT molecular complexity index is 398. The molecule has 3 unspecified atom stereocenters. The fraction of sp³-hybridized carbons (Fsp3) is 0.667. The molecular formula is C18H27N. The molecule has 3 atom stereocenters. The molecule has 2 aliphatic rings. The van der Waals surface area contributed by atoms with E-state index >= 15 is 0 Å². The Morgan fingerprint density at radius 1 is 1.16 bits per heavy atom. The van der Waals surface area contributed by atoms with Crippen molar-refractivity contribution in [2.24, 2.45) is 17.8 Å². The molecule has 1 aromatic rings. The van der Waals surface area contributed by atoms with Gasteiger partial charge in [-0.25, -0.2) is 0 Å². The van der Waals surface area contributed by atoms with Crippen LogP contribution < -0.4 is 5.32 Å². The van der Waals surface area contributed by atoms with E-state index in [1.54, 1.807) is 0 Å². The van der Waals surface area contributed by atoms with E-state index in [-0.39, 0.29) is 0 Å². The topological polar surface area (TPSA) is 12.0 Å². The van der Waals surface area contributed by atoms with Crippen molar-refractivity contribution in [3.8, 4) is 0 Å². The maximum absolute atomic E-state index is 3.57. The lowest BCUT2D eigenvalue weighted by molar-refractivity contribution is 0.444. The Labute approximate surface area is 117 Å². The number of hydrogen-bond donors (Lipinski definition) is 1. The minimum Gasteiger partial charge on any atom is -0.313 e. The molecule has 0 radical (unpaired) electrons. The van der Waals surface area contributed by atoms with Gasteiger partial charge >= 0.3 is 0 Å². The van der Waals surface area contributed by atoms with E-state index in [0.29, 0.717) is 6.04 Å². The molecule has 2 aliphatic carbocycles. The molecule has 1 heteroatoms. The molecular weight excluding hydrogens is 230 g/mol. The van der Waals surface area contributed by atoms with Gasteiger partial charge in [0.2, 0.25) is 0 Å². The third-order valence-electron chi connectivity index (χ3n) is 5.33. The molecule has 2 saturated carbocycles. The summed E-state index contributed by atoms with van der Waals surface area (Å²) in [5.41, 5.74) is 3.00. The van der Waals surface area contributed by atoms with Crippen LogP contribution in [0.4, 0.5) is 0 Å². The lowest BCUT2D eigenvalue weighted by Crippen LogP contribution is -2.20. The SMILES string of the molecule is CCCCc1ccc(C(NC)C2C3CCCC32)cc1. The molecule has 0 saturated heterocycles. The van der Waals surface area contributed by atoms with Crippen molar-refractivity contribution in [3.63, 3.8) is 0 Å². The number of fused-ring (bicyclic) bond motifs is 1. The number of benzene rings is 1. The summed E-state index contributed by atoms with van der Waals surface area (Å²) < 4.78 is 0. The van der Waals surface area contributed by atoms with Gasteiger partial charge in [0.25, 0.3) is 0 Å². The predicted molar refractivity (Wildman–Crippen MR) is 81.2 cm³/mol. The molecule has 1 N–H and O–H groups in total. The molecule has 104 valence electrons. The molecule has 0 aliphatic heterocycles. The van der Waals surface area contributed by atoms with Crippen LogP contribution in [0.15, 0.2) is 24.3 Å². The fourth-order valence-electron chi connectivity index (χ4n) is 4.23. The first-order valence-corrected chi connectivity index (χ1v) is 8.11. The van der Waals surface area contributed by atoms with Gasteiger partial charge in [-0.15, -0.1) is 0 Å². The zero-order valence-electron chi connectivity index (χ0n) is 12.4. The Kier molecular flexibility index (Phi) is 3.93. The first kappa shape index (κ1) is 13.2. The second-order valence-corrected chi connectivity index (χ2v) is 6.45. The monoisotopic (exact) mass is 257 g/mol. The first-order chi connectivity index (χ1) is 9.35. The highest BCUT2D eigenvalue weighted by atomic mass is 14.9. The molecule has 0 heterocycles. The Hall–Kier alpha value is -0.820. The summed E-state index contributed by atoms with van der Waals surface area (Å²) in [6.45, 7) is 2.26. The molecule has 1 aromatic carbocycles. The summed E-state index contributed by atoms with van der Waals surface area (Å²) in [5, 5.41) is 3.57. The van der Waals surface area contributed by atoms with Crippen LogP contribution in [0.2, 0.25) is 0 Å². The van der Waals surface area contributed by atoms with E-state index < -0.39 is 0 Å². The van der Waals surface area contributed by atoms with Crippen molar-refractivity contribution in [3.05, 3.63) is 35.4 Å². The first-order valence-electron chi connectivity index (χ1n) is 8.11. The van der Waals surface area contributed by atoms with E-state index in [2.05, 4.69) is 43.6 Å². The van der Waals surface area contributed by atoms with Crippen molar-refractivity contribution in [2.75, 3.05) is 7.05 Å². The quantitative estimate of drug-likeness (QED) is 0.799. The number of rotatable bonds is 6. The van der Waals surface area contributed by atoms with Crippen LogP contribution in [0, 0.1) is 17.8 Å². The van der Waals surface area contributed by atoms with E-state index in [1.807, 2.05) is 0 Å². The number of aryl methyl sites for hydroxylation is 1. The van der Waals surface area contributed by atoms with E-state index in [9.17, 15) is 0 Å². The van der Waals surface area contributed by atoms with E-state index in [4.69, 9.17) is 0 Å². The minimum atomic E-state index is 0.593. The van der Waals surface area contributed by atoms with Gasteiger partial charge in [-0.1, -0.05) is 44.0 Å². The molecule has 2 fully saturated rings. The third kappa shape index (κ3) is 2.58. The lowest BCUT2D eigenvalue weighted by atomic mass is 9.95. The average molecular weight is 257 g/mol. The van der Waals surface area contributed by atoms with Crippen LogP contribution in [0.3, 0.4) is 0 Å². The zero-order chi connectivity index (χ0) is 13.2. The van der Waals surface area contributed by atoms with Crippen molar-refractivity contribution >= 4 is 0 Å². The van der Waals surface area contributed by atoms with Crippen molar-refractivity contribution < 1.29 is 0 Å². The average Bonchev–Trinajstić information content (AvgIpc) is 2.91. The molecule has 3 rings (SSSR count). The van der Waals surface area contributed by atoms with Crippen LogP contribution in [-0.2, 0) is 6.42 Å². The smallest absolute Gasteiger partial charge is 0.0351 e. The van der Waals surface area contributed by atoms with Crippen LogP contribution in [-0.4, -0.2) is 7.05 Å². The normalized spacial score (nSPS) is 30.1. The highest BCUT2D eigenvalue weighted by Gasteiger charge is 2.55. The Balaban J connectivity index is 1.66. The fourth-order valence-corrected chi connectivity index (χ4v) is 4.23. The molecule has 19 heavy (non-hydrogen) atoms. The van der Waals surface area contributed by atoms with Crippen molar-refractivity contribution in [2.45, 2.75) is 51.5 Å². The minimum absolute atomic E-state index is 0.593. The molecule has 0 aromatic heterocycles. The van der Waals surface area contributed by atoms with Gasteiger partial charge in [0, 0.05) is 6.04 Å². The predicted octanol–water partition coefficient (Wildman–Crippen LogP) is 4.34. The lowest BCUT2D eigenvalue weighted by Gasteiger charge is -2.19. The summed E-state index contributed by atoms with van der Waals surface area (Å²) in [5.74, 6) is 2.97. The zero-order valence-corrected chi connectivity index (χ0v) is 12.4. The highest BCUT2D eigenvalue weighted by molar-refractivity contribution is 5.28. The Morgan fingerprint density at radius 2 is 1.84 bits per heavy atom. The van der Waals surface area contributed by atoms with E-state index in [1.165, 1.54) is 49.7 Å². The van der Waals surface area contributed by atoms with Crippen molar-refractivity contribution in [1.82, 2.24) is 5.32 Å². The van der Waals surface area contributed by atoms with Crippen LogP contribution >= 0.6 is 0 Å². The second kappa shape index (κ2) is 5.66.